The number of ether oxygens (including phenoxy) is 1. The quantitative estimate of drug-likeness (QED) is 0.700. The van der Waals surface area contributed by atoms with Crippen LogP contribution < -0.4 is 10.6 Å². The summed E-state index contributed by atoms with van der Waals surface area (Å²) in [4.78, 5) is 11.3. The number of methoxy groups -OCH3 is 1. The van der Waals surface area contributed by atoms with Gasteiger partial charge in [0.1, 0.15) is 13.1 Å². The number of halogens is 3. The van der Waals surface area contributed by atoms with E-state index in [2.05, 4.69) is 5.32 Å². The minimum absolute atomic E-state index is 0.131. The minimum Gasteiger partial charge on any atom is -0.383 e. The molecule has 5 nitrogen and oxygen atoms in total. The molecular weight excluding hydrogens is 275 g/mol. The van der Waals surface area contributed by atoms with Crippen LogP contribution in [0.25, 0.3) is 0 Å². The van der Waals surface area contributed by atoms with Crippen molar-refractivity contribution >= 4 is 5.91 Å². The highest BCUT2D eigenvalue weighted by molar-refractivity contribution is 5.75. The number of amides is 1. The lowest BCUT2D eigenvalue weighted by Crippen LogP contribution is -2.35. The number of carbonyl (C=O) groups excluding carboxylic acids is 1. The standard InChI is InChI=1S/C12H18F3N3O2/c1-20-5-3-16-6-10-2-4-18(7-10)8-11(19)17-9-12(13,14)15/h2,4,7,16H,3,5-6,8-9H2,1H3,(H,17,19). The van der Waals surface area contributed by atoms with Crippen LogP contribution in [0.1, 0.15) is 5.56 Å². The molecule has 20 heavy (non-hydrogen) atoms. The SMILES string of the molecule is COCCNCc1ccn(CC(=O)NCC(F)(F)F)c1. The van der Waals surface area contributed by atoms with E-state index in [1.165, 1.54) is 0 Å². The van der Waals surface area contributed by atoms with Gasteiger partial charge in [-0.05, 0) is 11.6 Å². The van der Waals surface area contributed by atoms with Crippen LogP contribution >= 0.6 is 0 Å². The van der Waals surface area contributed by atoms with Gasteiger partial charge in [0.15, 0.2) is 0 Å². The highest BCUT2D eigenvalue weighted by Gasteiger charge is 2.27. The molecule has 0 aliphatic carbocycles. The topological polar surface area (TPSA) is 55.3 Å². The van der Waals surface area contributed by atoms with Crippen molar-refractivity contribution in [2.45, 2.75) is 19.3 Å². The highest BCUT2D eigenvalue weighted by Crippen LogP contribution is 2.12. The largest absolute Gasteiger partial charge is 0.405 e. The number of nitrogens with one attached hydrogen (secondary N) is 2. The van der Waals surface area contributed by atoms with Crippen LogP contribution in [0.3, 0.4) is 0 Å². The van der Waals surface area contributed by atoms with Gasteiger partial charge < -0.3 is 19.9 Å². The third-order valence-electron chi connectivity index (χ3n) is 2.44. The van der Waals surface area contributed by atoms with Crippen LogP contribution in [-0.4, -0.2) is 43.5 Å². The van der Waals surface area contributed by atoms with Crippen LogP contribution in [0.5, 0.6) is 0 Å². The van der Waals surface area contributed by atoms with Crippen LogP contribution in [-0.2, 0) is 22.6 Å². The Kier molecular flexibility index (Phi) is 6.53. The summed E-state index contributed by atoms with van der Waals surface area (Å²) in [7, 11) is 1.61. The van der Waals surface area contributed by atoms with Crippen molar-refractivity contribution in [1.29, 1.82) is 0 Å². The maximum Gasteiger partial charge on any atom is 0.405 e. The predicted octanol–water partition coefficient (Wildman–Crippen LogP) is 0.903. The molecule has 0 unspecified atom stereocenters. The first-order valence-electron chi connectivity index (χ1n) is 6.08. The summed E-state index contributed by atoms with van der Waals surface area (Å²) in [6.07, 6.45) is -1.02. The summed E-state index contributed by atoms with van der Waals surface area (Å²) in [6.45, 7) is 0.474. The molecule has 0 saturated carbocycles. The second-order valence-corrected chi connectivity index (χ2v) is 4.25. The second kappa shape index (κ2) is 7.91. The molecule has 114 valence electrons. The van der Waals surface area contributed by atoms with E-state index >= 15 is 0 Å². The molecule has 0 aliphatic heterocycles. The van der Waals surface area contributed by atoms with Crippen LogP contribution in [0, 0.1) is 0 Å². The highest BCUT2D eigenvalue weighted by atomic mass is 19.4. The van der Waals surface area contributed by atoms with Gasteiger partial charge in [-0.25, -0.2) is 0 Å². The third kappa shape index (κ3) is 7.15. The summed E-state index contributed by atoms with van der Waals surface area (Å²) in [6, 6.07) is 1.80. The molecule has 0 aromatic carbocycles. The summed E-state index contributed by atoms with van der Waals surface area (Å²) >= 11 is 0. The van der Waals surface area contributed by atoms with Gasteiger partial charge in [0.2, 0.25) is 5.91 Å². The Morgan fingerprint density at radius 3 is 2.85 bits per heavy atom. The number of hydrogen-bond donors (Lipinski definition) is 2. The fraction of sp³-hybridized carbons (Fsp3) is 0.583. The van der Waals surface area contributed by atoms with Gasteiger partial charge in [0.05, 0.1) is 6.61 Å². The van der Waals surface area contributed by atoms with E-state index in [1.54, 1.807) is 30.1 Å². The molecule has 0 atom stereocenters. The van der Waals surface area contributed by atoms with E-state index < -0.39 is 18.6 Å². The monoisotopic (exact) mass is 293 g/mol. The maximum atomic E-state index is 11.9. The van der Waals surface area contributed by atoms with Gasteiger partial charge in [0.25, 0.3) is 0 Å². The Balaban J connectivity index is 2.30. The van der Waals surface area contributed by atoms with Crippen molar-refractivity contribution in [1.82, 2.24) is 15.2 Å². The van der Waals surface area contributed by atoms with Gasteiger partial charge in [-0.3, -0.25) is 4.79 Å². The van der Waals surface area contributed by atoms with Gasteiger partial charge in [-0.1, -0.05) is 0 Å². The molecule has 1 heterocycles. The first kappa shape index (κ1) is 16.5. The van der Waals surface area contributed by atoms with Crippen molar-refractivity contribution in [3.05, 3.63) is 24.0 Å². The van der Waals surface area contributed by atoms with E-state index in [9.17, 15) is 18.0 Å². The molecule has 1 amide bonds. The fourth-order valence-electron chi connectivity index (χ4n) is 1.52. The molecular formula is C12H18F3N3O2. The molecule has 2 N–H and O–H groups in total. The summed E-state index contributed by atoms with van der Waals surface area (Å²) in [5.41, 5.74) is 0.949. The van der Waals surface area contributed by atoms with E-state index in [0.29, 0.717) is 19.7 Å². The fourth-order valence-corrected chi connectivity index (χ4v) is 1.52. The van der Waals surface area contributed by atoms with Crippen LogP contribution in [0.15, 0.2) is 18.5 Å². The minimum atomic E-state index is -4.39. The Labute approximate surface area is 115 Å². The first-order valence-corrected chi connectivity index (χ1v) is 6.08. The maximum absolute atomic E-state index is 11.9. The van der Waals surface area contributed by atoms with E-state index in [4.69, 9.17) is 4.74 Å². The first-order chi connectivity index (χ1) is 9.40. The zero-order valence-electron chi connectivity index (χ0n) is 11.2. The zero-order chi connectivity index (χ0) is 15.0. The Morgan fingerprint density at radius 1 is 1.45 bits per heavy atom. The number of carbonyl (C=O) groups is 1. The van der Waals surface area contributed by atoms with Crippen LogP contribution in [0.4, 0.5) is 13.2 Å². The van der Waals surface area contributed by atoms with Crippen LogP contribution in [0.2, 0.25) is 0 Å². The molecule has 0 saturated heterocycles. The molecule has 0 radical (unpaired) electrons. The van der Waals surface area contributed by atoms with E-state index in [1.807, 2.05) is 5.32 Å². The Hall–Kier alpha value is -1.54. The average Bonchev–Trinajstić information content (AvgIpc) is 2.79. The smallest absolute Gasteiger partial charge is 0.383 e. The Morgan fingerprint density at radius 2 is 2.20 bits per heavy atom. The molecule has 1 rings (SSSR count). The average molecular weight is 293 g/mol. The van der Waals surface area contributed by atoms with E-state index in [0.717, 1.165) is 5.56 Å². The van der Waals surface area contributed by atoms with Crippen molar-refractivity contribution < 1.29 is 22.7 Å². The predicted molar refractivity (Wildman–Crippen MR) is 67.1 cm³/mol. The van der Waals surface area contributed by atoms with Gasteiger partial charge in [-0.2, -0.15) is 13.2 Å². The van der Waals surface area contributed by atoms with Crippen molar-refractivity contribution in [3.63, 3.8) is 0 Å². The summed E-state index contributed by atoms with van der Waals surface area (Å²) < 4.78 is 42.2. The second-order valence-electron chi connectivity index (χ2n) is 4.25. The molecule has 0 bridgehead atoms. The van der Waals surface area contributed by atoms with Crippen molar-refractivity contribution in [2.24, 2.45) is 0 Å². The third-order valence-corrected chi connectivity index (χ3v) is 2.44. The number of aromatic nitrogens is 1. The molecule has 0 fully saturated rings. The number of nitrogens with zero attached hydrogens (tertiary/aromatic N) is 1. The number of alkyl halides is 3. The Bertz CT molecular complexity index is 418. The number of rotatable bonds is 8. The zero-order valence-corrected chi connectivity index (χ0v) is 11.2. The molecule has 0 spiro atoms. The van der Waals surface area contributed by atoms with Gasteiger partial charge in [0, 0.05) is 32.6 Å². The molecule has 0 aliphatic rings. The van der Waals surface area contributed by atoms with E-state index in [-0.39, 0.29) is 6.54 Å². The molecule has 1 aromatic heterocycles. The normalized spacial score (nSPS) is 11.6. The molecule has 8 heteroatoms. The van der Waals surface area contributed by atoms with Crippen molar-refractivity contribution in [2.75, 3.05) is 26.8 Å². The summed E-state index contributed by atoms with van der Waals surface area (Å²) in [5, 5.41) is 4.95. The van der Waals surface area contributed by atoms with Crippen molar-refractivity contribution in [3.8, 4) is 0 Å². The lowest BCUT2D eigenvalue weighted by molar-refractivity contribution is -0.138. The lowest BCUT2D eigenvalue weighted by atomic mass is 10.3. The number of hydrogen-bond acceptors (Lipinski definition) is 3. The molecule has 1 aromatic rings. The summed E-state index contributed by atoms with van der Waals surface area (Å²) in [5.74, 6) is -0.670. The lowest BCUT2D eigenvalue weighted by Gasteiger charge is -2.08. The van der Waals surface area contributed by atoms with Gasteiger partial charge in [-0.15, -0.1) is 0 Å². The van der Waals surface area contributed by atoms with Gasteiger partial charge >= 0.3 is 6.18 Å².